The molecule has 1 aromatic heterocycles. The summed E-state index contributed by atoms with van der Waals surface area (Å²) in [4.78, 5) is 17.0. The van der Waals surface area contributed by atoms with Crippen molar-refractivity contribution >= 4 is 40.1 Å². The zero-order valence-electron chi connectivity index (χ0n) is 15.2. The number of nitrogens with zero attached hydrogens (tertiary/aromatic N) is 2. The number of halogens is 2. The van der Waals surface area contributed by atoms with E-state index in [1.165, 1.54) is 0 Å². The van der Waals surface area contributed by atoms with Gasteiger partial charge in [-0.1, -0.05) is 49.2 Å². The topological polar surface area (TPSA) is 56.2 Å². The monoisotopic (exact) mass is 405 g/mol. The molecule has 0 saturated carbocycles. The third-order valence-electron chi connectivity index (χ3n) is 3.99. The zero-order valence-corrected chi connectivity index (χ0v) is 16.7. The van der Waals surface area contributed by atoms with Gasteiger partial charge in [0.05, 0.1) is 16.1 Å². The molecule has 5 nitrogen and oxygen atoms in total. The SMILES string of the molecule is CC(C)CNC(=O)Cn1c(COc2ccc(Cl)cc2Cl)nc2ccccc21. The molecule has 1 N–H and O–H groups in total. The Hall–Kier alpha value is -2.24. The number of fused-ring (bicyclic) bond motifs is 1. The highest BCUT2D eigenvalue weighted by molar-refractivity contribution is 6.35. The van der Waals surface area contributed by atoms with E-state index < -0.39 is 0 Å². The van der Waals surface area contributed by atoms with E-state index in [0.29, 0.717) is 34.1 Å². The number of ether oxygens (including phenoxy) is 1. The lowest BCUT2D eigenvalue weighted by atomic mass is 10.2. The van der Waals surface area contributed by atoms with Gasteiger partial charge in [0.1, 0.15) is 24.7 Å². The first-order chi connectivity index (χ1) is 12.9. The molecule has 1 heterocycles. The molecule has 0 aliphatic carbocycles. The smallest absolute Gasteiger partial charge is 0.240 e. The normalized spacial score (nSPS) is 11.1. The van der Waals surface area contributed by atoms with Crippen LogP contribution in [0.1, 0.15) is 19.7 Å². The summed E-state index contributed by atoms with van der Waals surface area (Å²) in [6.07, 6.45) is 0. The van der Waals surface area contributed by atoms with Gasteiger partial charge in [-0.3, -0.25) is 4.79 Å². The van der Waals surface area contributed by atoms with Crippen LogP contribution in [0, 0.1) is 5.92 Å². The summed E-state index contributed by atoms with van der Waals surface area (Å²) >= 11 is 12.1. The second kappa shape index (κ2) is 8.63. The largest absolute Gasteiger partial charge is 0.484 e. The third-order valence-corrected chi connectivity index (χ3v) is 4.52. The molecule has 1 amide bonds. The van der Waals surface area contributed by atoms with Crippen molar-refractivity contribution in [2.45, 2.75) is 27.0 Å². The number of carbonyl (C=O) groups excluding carboxylic acids is 1. The molecule has 3 rings (SSSR count). The summed E-state index contributed by atoms with van der Waals surface area (Å²) in [6.45, 7) is 5.12. The van der Waals surface area contributed by atoms with Gasteiger partial charge in [-0.2, -0.15) is 0 Å². The van der Waals surface area contributed by atoms with Gasteiger partial charge in [0.2, 0.25) is 5.91 Å². The van der Waals surface area contributed by atoms with Crippen LogP contribution in [-0.4, -0.2) is 22.0 Å². The molecular weight excluding hydrogens is 385 g/mol. The van der Waals surface area contributed by atoms with E-state index >= 15 is 0 Å². The Morgan fingerprint density at radius 1 is 1.22 bits per heavy atom. The number of aromatic nitrogens is 2. The number of para-hydroxylation sites is 2. The molecular formula is C20H21Cl2N3O2. The van der Waals surface area contributed by atoms with Gasteiger partial charge in [-0.25, -0.2) is 4.98 Å². The summed E-state index contributed by atoms with van der Waals surface area (Å²) in [5, 5.41) is 3.91. The molecule has 0 unspecified atom stereocenters. The van der Waals surface area contributed by atoms with Gasteiger partial charge in [-0.05, 0) is 36.2 Å². The maximum Gasteiger partial charge on any atom is 0.240 e. The molecule has 2 aromatic carbocycles. The minimum absolute atomic E-state index is 0.0578. The van der Waals surface area contributed by atoms with Gasteiger partial charge in [0.15, 0.2) is 0 Å². The average Bonchev–Trinajstić information content (AvgIpc) is 2.97. The minimum Gasteiger partial charge on any atom is -0.484 e. The van der Waals surface area contributed by atoms with Crippen LogP contribution in [0.5, 0.6) is 5.75 Å². The molecule has 142 valence electrons. The Balaban J connectivity index is 1.82. The first-order valence-electron chi connectivity index (χ1n) is 8.72. The number of benzene rings is 2. The molecule has 0 aliphatic heterocycles. The maximum absolute atomic E-state index is 12.3. The van der Waals surface area contributed by atoms with Crippen molar-refractivity contribution in [2.75, 3.05) is 6.54 Å². The number of imidazole rings is 1. The van der Waals surface area contributed by atoms with Gasteiger partial charge in [-0.15, -0.1) is 0 Å². The molecule has 0 radical (unpaired) electrons. The Bertz CT molecular complexity index is 954. The number of hydrogen-bond donors (Lipinski definition) is 1. The van der Waals surface area contributed by atoms with Crippen molar-refractivity contribution in [2.24, 2.45) is 5.92 Å². The lowest BCUT2D eigenvalue weighted by Crippen LogP contribution is -2.31. The van der Waals surface area contributed by atoms with Crippen LogP contribution in [0.15, 0.2) is 42.5 Å². The average molecular weight is 406 g/mol. The van der Waals surface area contributed by atoms with Crippen molar-refractivity contribution in [1.82, 2.24) is 14.9 Å². The lowest BCUT2D eigenvalue weighted by Gasteiger charge is -2.12. The van der Waals surface area contributed by atoms with Gasteiger partial charge >= 0.3 is 0 Å². The second-order valence-corrected chi connectivity index (χ2v) is 7.51. The van der Waals surface area contributed by atoms with Crippen LogP contribution in [0.3, 0.4) is 0 Å². The van der Waals surface area contributed by atoms with E-state index in [9.17, 15) is 4.79 Å². The van der Waals surface area contributed by atoms with E-state index in [1.807, 2.05) is 28.8 Å². The summed E-state index contributed by atoms with van der Waals surface area (Å²) in [6, 6.07) is 12.7. The van der Waals surface area contributed by atoms with Crippen molar-refractivity contribution in [3.63, 3.8) is 0 Å². The quantitative estimate of drug-likeness (QED) is 0.619. The number of hydrogen-bond acceptors (Lipinski definition) is 3. The molecule has 0 saturated heterocycles. The van der Waals surface area contributed by atoms with Crippen molar-refractivity contribution in [3.05, 3.63) is 58.3 Å². The minimum atomic E-state index is -0.0578. The van der Waals surface area contributed by atoms with Crippen LogP contribution in [0.25, 0.3) is 11.0 Å². The predicted molar refractivity (Wildman–Crippen MR) is 108 cm³/mol. The zero-order chi connectivity index (χ0) is 19.4. The Labute approximate surface area is 168 Å². The molecule has 0 fully saturated rings. The first kappa shape index (κ1) is 19.5. The predicted octanol–water partition coefficient (Wildman–Crippen LogP) is 4.69. The van der Waals surface area contributed by atoms with E-state index in [4.69, 9.17) is 27.9 Å². The Morgan fingerprint density at radius 3 is 2.74 bits per heavy atom. The van der Waals surface area contributed by atoms with Crippen molar-refractivity contribution < 1.29 is 9.53 Å². The van der Waals surface area contributed by atoms with Crippen molar-refractivity contribution in [3.8, 4) is 5.75 Å². The Morgan fingerprint density at radius 2 is 2.00 bits per heavy atom. The van der Waals surface area contributed by atoms with Crippen LogP contribution in [0.4, 0.5) is 0 Å². The number of rotatable bonds is 7. The number of carbonyl (C=O) groups is 1. The molecule has 0 spiro atoms. The molecule has 0 aliphatic rings. The lowest BCUT2D eigenvalue weighted by molar-refractivity contribution is -0.121. The first-order valence-corrected chi connectivity index (χ1v) is 9.48. The fourth-order valence-electron chi connectivity index (χ4n) is 2.66. The van der Waals surface area contributed by atoms with Gasteiger partial charge in [0, 0.05) is 11.6 Å². The van der Waals surface area contributed by atoms with Crippen molar-refractivity contribution in [1.29, 1.82) is 0 Å². The van der Waals surface area contributed by atoms with Crippen LogP contribution in [-0.2, 0) is 17.9 Å². The maximum atomic E-state index is 12.3. The highest BCUT2D eigenvalue weighted by Crippen LogP contribution is 2.28. The molecule has 0 bridgehead atoms. The molecule has 27 heavy (non-hydrogen) atoms. The molecule has 0 atom stereocenters. The number of nitrogens with one attached hydrogen (secondary N) is 1. The van der Waals surface area contributed by atoms with E-state index in [0.717, 1.165) is 11.0 Å². The summed E-state index contributed by atoms with van der Waals surface area (Å²) < 4.78 is 7.69. The highest BCUT2D eigenvalue weighted by atomic mass is 35.5. The number of amides is 1. The summed E-state index contributed by atoms with van der Waals surface area (Å²) in [7, 11) is 0. The van der Waals surface area contributed by atoms with E-state index in [1.54, 1.807) is 18.2 Å². The van der Waals surface area contributed by atoms with E-state index in [-0.39, 0.29) is 19.1 Å². The van der Waals surface area contributed by atoms with Crippen LogP contribution in [0.2, 0.25) is 10.0 Å². The van der Waals surface area contributed by atoms with Crippen LogP contribution < -0.4 is 10.1 Å². The fraction of sp³-hybridized carbons (Fsp3) is 0.300. The summed E-state index contributed by atoms with van der Waals surface area (Å²) in [5.41, 5.74) is 1.70. The highest BCUT2D eigenvalue weighted by Gasteiger charge is 2.15. The second-order valence-electron chi connectivity index (χ2n) is 6.66. The van der Waals surface area contributed by atoms with Gasteiger partial charge in [0.25, 0.3) is 0 Å². The Kier molecular flexibility index (Phi) is 6.24. The molecule has 3 aromatic rings. The van der Waals surface area contributed by atoms with E-state index in [2.05, 4.69) is 24.1 Å². The summed E-state index contributed by atoms with van der Waals surface area (Å²) in [5.74, 6) is 1.51. The van der Waals surface area contributed by atoms with Gasteiger partial charge < -0.3 is 14.6 Å². The standard InChI is InChI=1S/C20H21Cl2N3O2/c1-13(2)10-23-20(26)11-25-17-6-4-3-5-16(17)24-19(25)12-27-18-8-7-14(21)9-15(18)22/h3-9,13H,10-12H2,1-2H3,(H,23,26). The molecule has 7 heteroatoms. The fourth-order valence-corrected chi connectivity index (χ4v) is 3.13. The van der Waals surface area contributed by atoms with Crippen LogP contribution >= 0.6 is 23.2 Å². The third kappa shape index (κ3) is 4.93.